The van der Waals surface area contributed by atoms with E-state index in [2.05, 4.69) is 22.9 Å². The van der Waals surface area contributed by atoms with Gasteiger partial charge in [-0.05, 0) is 82.6 Å². The van der Waals surface area contributed by atoms with Gasteiger partial charge >= 0.3 is 0 Å². The average Bonchev–Trinajstić information content (AvgIpc) is 3.68. The van der Waals surface area contributed by atoms with Crippen LogP contribution in [0.3, 0.4) is 0 Å². The Kier molecular flexibility index (Phi) is 9.89. The molecule has 3 fully saturated rings. The molecule has 0 aromatic heterocycles. The molecule has 3 aliphatic rings. The molecular formula is C26H45N3O2. The maximum Gasteiger partial charge on any atom is 0.239 e. The summed E-state index contributed by atoms with van der Waals surface area (Å²) < 4.78 is 0. The van der Waals surface area contributed by atoms with Crippen LogP contribution in [0.15, 0.2) is 11.1 Å². The zero-order valence-corrected chi connectivity index (χ0v) is 19.9. The van der Waals surface area contributed by atoms with E-state index in [-0.39, 0.29) is 18.4 Å². The number of hydrogen-bond acceptors (Lipinski definition) is 3. The van der Waals surface area contributed by atoms with Crippen LogP contribution in [0.4, 0.5) is 0 Å². The van der Waals surface area contributed by atoms with Gasteiger partial charge in [-0.15, -0.1) is 0 Å². The van der Waals surface area contributed by atoms with Gasteiger partial charge in [-0.1, -0.05) is 43.8 Å². The second-order valence-electron chi connectivity index (χ2n) is 10.1. The molecule has 0 radical (unpaired) electrons. The van der Waals surface area contributed by atoms with Gasteiger partial charge in [-0.3, -0.25) is 9.59 Å². The normalized spacial score (nSPS) is 23.9. The molecule has 3 N–H and O–H groups in total. The molecule has 5 nitrogen and oxygen atoms in total. The second-order valence-corrected chi connectivity index (χ2v) is 10.1. The predicted molar refractivity (Wildman–Crippen MR) is 127 cm³/mol. The summed E-state index contributed by atoms with van der Waals surface area (Å²) in [5.41, 5.74) is 3.38. The monoisotopic (exact) mass is 431 g/mol. The van der Waals surface area contributed by atoms with E-state index in [0.29, 0.717) is 12.5 Å². The lowest BCUT2D eigenvalue weighted by molar-refractivity contribution is -0.125. The third-order valence-electron chi connectivity index (χ3n) is 7.64. The van der Waals surface area contributed by atoms with Crippen molar-refractivity contribution in [1.82, 2.24) is 16.0 Å². The van der Waals surface area contributed by atoms with E-state index in [1.807, 2.05) is 0 Å². The molecule has 3 unspecified atom stereocenters. The van der Waals surface area contributed by atoms with Crippen LogP contribution in [0.25, 0.3) is 0 Å². The quantitative estimate of drug-likeness (QED) is 0.281. The van der Waals surface area contributed by atoms with Crippen molar-refractivity contribution in [2.24, 2.45) is 17.8 Å². The zero-order chi connectivity index (χ0) is 22.1. The molecule has 0 heterocycles. The summed E-state index contributed by atoms with van der Waals surface area (Å²) >= 11 is 0. The van der Waals surface area contributed by atoms with E-state index in [0.717, 1.165) is 37.3 Å². The third-order valence-corrected chi connectivity index (χ3v) is 7.64. The zero-order valence-electron chi connectivity index (χ0n) is 19.9. The number of rotatable bonds is 14. The van der Waals surface area contributed by atoms with E-state index in [9.17, 15) is 9.59 Å². The lowest BCUT2D eigenvalue weighted by Crippen LogP contribution is -2.37. The number of hydrogen-bond donors (Lipinski definition) is 3. The highest BCUT2D eigenvalue weighted by Gasteiger charge is 2.34. The van der Waals surface area contributed by atoms with Crippen molar-refractivity contribution in [3.63, 3.8) is 0 Å². The van der Waals surface area contributed by atoms with Crippen molar-refractivity contribution >= 4 is 11.8 Å². The van der Waals surface area contributed by atoms with E-state index < -0.39 is 0 Å². The molecule has 0 bridgehead atoms. The molecule has 0 spiro atoms. The summed E-state index contributed by atoms with van der Waals surface area (Å²) in [6.07, 6.45) is 16.3. The molecule has 0 aromatic carbocycles. The van der Waals surface area contributed by atoms with E-state index in [1.165, 1.54) is 70.6 Å². The fourth-order valence-corrected chi connectivity index (χ4v) is 5.40. The Morgan fingerprint density at radius 3 is 2.13 bits per heavy atom. The first kappa shape index (κ1) is 24.3. The Morgan fingerprint density at radius 1 is 0.903 bits per heavy atom. The van der Waals surface area contributed by atoms with Crippen LogP contribution in [-0.4, -0.2) is 37.5 Å². The smallest absolute Gasteiger partial charge is 0.239 e. The Hall–Kier alpha value is -1.36. The molecular weight excluding hydrogens is 386 g/mol. The SMILES string of the molecule is CCC(=O)NCC(=O)NCCCC1CCCCC1CCCNC(C(C)=C1CC1)C1CC1. The van der Waals surface area contributed by atoms with Gasteiger partial charge in [0.05, 0.1) is 6.54 Å². The first-order chi connectivity index (χ1) is 15.1. The molecule has 5 heteroatoms. The Morgan fingerprint density at radius 2 is 1.55 bits per heavy atom. The molecule has 3 aliphatic carbocycles. The third kappa shape index (κ3) is 8.59. The number of allylic oxidation sites excluding steroid dienone is 1. The molecule has 176 valence electrons. The summed E-state index contributed by atoms with van der Waals surface area (Å²) in [4.78, 5) is 23.1. The minimum atomic E-state index is -0.0743. The molecule has 3 rings (SSSR count). The van der Waals surface area contributed by atoms with Crippen LogP contribution in [0.1, 0.15) is 97.3 Å². The topological polar surface area (TPSA) is 70.2 Å². The number of carbonyl (C=O) groups excluding carboxylic acids is 2. The van der Waals surface area contributed by atoms with E-state index in [4.69, 9.17) is 0 Å². The second kappa shape index (κ2) is 12.6. The fraction of sp³-hybridized carbons (Fsp3) is 0.846. The molecule has 0 aromatic rings. The van der Waals surface area contributed by atoms with Gasteiger partial charge in [-0.2, -0.15) is 0 Å². The molecule has 2 amide bonds. The van der Waals surface area contributed by atoms with Gasteiger partial charge in [-0.25, -0.2) is 0 Å². The number of carbonyl (C=O) groups is 2. The van der Waals surface area contributed by atoms with Crippen LogP contribution in [0.2, 0.25) is 0 Å². The summed E-state index contributed by atoms with van der Waals surface area (Å²) in [5.74, 6) is 2.44. The van der Waals surface area contributed by atoms with Gasteiger partial charge in [0.2, 0.25) is 11.8 Å². The summed E-state index contributed by atoms with van der Waals surface area (Å²) in [5, 5.41) is 9.50. The molecule has 3 atom stereocenters. The van der Waals surface area contributed by atoms with Crippen LogP contribution in [0, 0.1) is 17.8 Å². The number of amides is 2. The van der Waals surface area contributed by atoms with Crippen LogP contribution >= 0.6 is 0 Å². The van der Waals surface area contributed by atoms with Gasteiger partial charge in [0.1, 0.15) is 0 Å². The van der Waals surface area contributed by atoms with Crippen molar-refractivity contribution in [2.75, 3.05) is 19.6 Å². The average molecular weight is 432 g/mol. The Bertz CT molecular complexity index is 620. The molecule has 0 aliphatic heterocycles. The Labute approximate surface area is 189 Å². The highest BCUT2D eigenvalue weighted by Crippen LogP contribution is 2.41. The molecule has 0 saturated heterocycles. The lowest BCUT2D eigenvalue weighted by Gasteiger charge is -2.32. The summed E-state index contributed by atoms with van der Waals surface area (Å²) in [7, 11) is 0. The molecule has 31 heavy (non-hydrogen) atoms. The largest absolute Gasteiger partial charge is 0.355 e. The van der Waals surface area contributed by atoms with Crippen molar-refractivity contribution < 1.29 is 9.59 Å². The van der Waals surface area contributed by atoms with Gasteiger partial charge in [0.25, 0.3) is 0 Å². The summed E-state index contributed by atoms with van der Waals surface area (Å²) in [6, 6.07) is 0.658. The van der Waals surface area contributed by atoms with E-state index in [1.54, 1.807) is 18.1 Å². The predicted octanol–water partition coefficient (Wildman–Crippen LogP) is 4.47. The first-order valence-electron chi connectivity index (χ1n) is 13.0. The summed E-state index contributed by atoms with van der Waals surface area (Å²) in [6.45, 7) is 6.15. The van der Waals surface area contributed by atoms with Crippen molar-refractivity contribution in [2.45, 2.75) is 103 Å². The maximum atomic E-state index is 11.8. The first-order valence-corrected chi connectivity index (χ1v) is 13.0. The van der Waals surface area contributed by atoms with Gasteiger partial charge in [0, 0.05) is 19.0 Å². The highest BCUT2D eigenvalue weighted by molar-refractivity contribution is 5.84. The van der Waals surface area contributed by atoms with Crippen LogP contribution in [-0.2, 0) is 9.59 Å². The van der Waals surface area contributed by atoms with Gasteiger partial charge < -0.3 is 16.0 Å². The van der Waals surface area contributed by atoms with Crippen LogP contribution < -0.4 is 16.0 Å². The van der Waals surface area contributed by atoms with Crippen molar-refractivity contribution in [3.8, 4) is 0 Å². The Balaban J connectivity index is 1.29. The highest BCUT2D eigenvalue weighted by atomic mass is 16.2. The van der Waals surface area contributed by atoms with E-state index >= 15 is 0 Å². The molecule has 3 saturated carbocycles. The minimum Gasteiger partial charge on any atom is -0.355 e. The van der Waals surface area contributed by atoms with Gasteiger partial charge in [0.15, 0.2) is 0 Å². The van der Waals surface area contributed by atoms with Crippen LogP contribution in [0.5, 0.6) is 0 Å². The minimum absolute atomic E-state index is 0.0718. The standard InChI is InChI=1S/C26H45N3O2/c1-3-24(30)29-18-25(31)27-16-6-10-21-8-4-5-9-22(21)11-7-17-28-26(23-14-15-23)19(2)20-12-13-20/h21-23,26,28H,3-18H2,1-2H3,(H,27,31)(H,29,30). The van der Waals surface area contributed by atoms with Crippen molar-refractivity contribution in [3.05, 3.63) is 11.1 Å². The number of nitrogens with one attached hydrogen (secondary N) is 3. The fourth-order valence-electron chi connectivity index (χ4n) is 5.40. The maximum absolute atomic E-state index is 11.8. The lowest BCUT2D eigenvalue weighted by atomic mass is 9.75. The van der Waals surface area contributed by atoms with Crippen molar-refractivity contribution in [1.29, 1.82) is 0 Å².